The third kappa shape index (κ3) is 3.67. The van der Waals surface area contributed by atoms with Gasteiger partial charge in [-0.05, 0) is 18.6 Å². The van der Waals surface area contributed by atoms with E-state index in [1.54, 1.807) is 6.07 Å². The molecule has 0 aliphatic carbocycles. The lowest BCUT2D eigenvalue weighted by atomic mass is 10.2. The first-order valence-corrected chi connectivity index (χ1v) is 6.88. The first-order chi connectivity index (χ1) is 11.2. The third-order valence-corrected chi connectivity index (χ3v) is 3.03. The predicted octanol–water partition coefficient (Wildman–Crippen LogP) is 1.38. The van der Waals surface area contributed by atoms with Crippen molar-refractivity contribution in [2.24, 2.45) is 0 Å². The molecule has 3 aromatic rings. The molecule has 1 aromatic carbocycles. The number of carbonyl (C=O) groups excluding carboxylic acids is 1. The molecule has 0 aliphatic rings. The SMILES string of the molecule is Cc1ccccc1OCC(=O)Nc1cc(-n2cncn2)ncn1. The van der Waals surface area contributed by atoms with Gasteiger partial charge in [0.1, 0.15) is 30.5 Å². The number of ether oxygens (including phenoxy) is 1. The van der Waals surface area contributed by atoms with E-state index in [1.807, 2.05) is 31.2 Å². The average Bonchev–Trinajstić information content (AvgIpc) is 3.09. The number of rotatable bonds is 5. The van der Waals surface area contributed by atoms with Gasteiger partial charge in [-0.2, -0.15) is 5.10 Å². The molecule has 3 rings (SSSR count). The van der Waals surface area contributed by atoms with Crippen molar-refractivity contribution in [3.05, 3.63) is 54.9 Å². The van der Waals surface area contributed by atoms with E-state index in [1.165, 1.54) is 23.7 Å². The largest absolute Gasteiger partial charge is 0.483 e. The van der Waals surface area contributed by atoms with E-state index in [9.17, 15) is 4.79 Å². The minimum absolute atomic E-state index is 0.104. The maximum absolute atomic E-state index is 12.0. The van der Waals surface area contributed by atoms with Crippen LogP contribution in [0.2, 0.25) is 0 Å². The summed E-state index contributed by atoms with van der Waals surface area (Å²) in [4.78, 5) is 23.9. The van der Waals surface area contributed by atoms with E-state index < -0.39 is 0 Å². The number of aromatic nitrogens is 5. The number of benzene rings is 1. The molecule has 0 unspecified atom stereocenters. The van der Waals surface area contributed by atoms with Crippen LogP contribution in [0.4, 0.5) is 5.82 Å². The molecule has 0 atom stereocenters. The van der Waals surface area contributed by atoms with Crippen LogP contribution in [0.5, 0.6) is 5.75 Å². The number of amides is 1. The van der Waals surface area contributed by atoms with Gasteiger partial charge in [0.15, 0.2) is 12.4 Å². The van der Waals surface area contributed by atoms with E-state index in [2.05, 4.69) is 25.4 Å². The molecule has 0 saturated heterocycles. The van der Waals surface area contributed by atoms with Crippen molar-refractivity contribution >= 4 is 11.7 Å². The zero-order valence-corrected chi connectivity index (χ0v) is 12.4. The summed E-state index contributed by atoms with van der Waals surface area (Å²) < 4.78 is 6.96. The molecule has 1 N–H and O–H groups in total. The first-order valence-electron chi connectivity index (χ1n) is 6.88. The Balaban J connectivity index is 1.62. The van der Waals surface area contributed by atoms with Gasteiger partial charge < -0.3 is 10.1 Å². The van der Waals surface area contributed by atoms with Crippen molar-refractivity contribution in [2.45, 2.75) is 6.92 Å². The Kier molecular flexibility index (Phi) is 4.23. The standard InChI is InChI=1S/C15H14N6O2/c1-11-4-2-3-5-12(11)23-7-15(22)20-13-6-14(18-9-17-13)21-10-16-8-19-21/h2-6,8-10H,7H2,1H3,(H,17,18,20,22). The molecule has 8 nitrogen and oxygen atoms in total. The molecule has 23 heavy (non-hydrogen) atoms. The fraction of sp³-hybridized carbons (Fsp3) is 0.133. The molecular weight excluding hydrogens is 296 g/mol. The molecular formula is C15H14N6O2. The maximum atomic E-state index is 12.0. The second-order valence-corrected chi connectivity index (χ2v) is 4.70. The summed E-state index contributed by atoms with van der Waals surface area (Å²) in [6.07, 6.45) is 4.25. The Morgan fingerprint density at radius 2 is 2.13 bits per heavy atom. The summed E-state index contributed by atoms with van der Waals surface area (Å²) in [6.45, 7) is 1.82. The van der Waals surface area contributed by atoms with E-state index in [-0.39, 0.29) is 12.5 Å². The number of hydrogen-bond donors (Lipinski definition) is 1. The van der Waals surface area contributed by atoms with Crippen molar-refractivity contribution in [2.75, 3.05) is 11.9 Å². The molecule has 0 radical (unpaired) electrons. The van der Waals surface area contributed by atoms with Crippen LogP contribution >= 0.6 is 0 Å². The highest BCUT2D eigenvalue weighted by Gasteiger charge is 2.08. The van der Waals surface area contributed by atoms with Crippen LogP contribution in [0, 0.1) is 6.92 Å². The molecule has 0 fully saturated rings. The molecule has 116 valence electrons. The Bertz CT molecular complexity index is 803. The lowest BCUT2D eigenvalue weighted by Crippen LogP contribution is -2.21. The topological polar surface area (TPSA) is 94.8 Å². The fourth-order valence-corrected chi connectivity index (χ4v) is 1.91. The van der Waals surface area contributed by atoms with Crippen LogP contribution in [0.1, 0.15) is 5.56 Å². The average molecular weight is 310 g/mol. The Hall–Kier alpha value is -3.29. The van der Waals surface area contributed by atoms with Crippen LogP contribution in [-0.2, 0) is 4.79 Å². The van der Waals surface area contributed by atoms with Gasteiger partial charge in [0.2, 0.25) is 0 Å². The van der Waals surface area contributed by atoms with Gasteiger partial charge in [0, 0.05) is 6.07 Å². The fourth-order valence-electron chi connectivity index (χ4n) is 1.91. The quantitative estimate of drug-likeness (QED) is 0.765. The minimum Gasteiger partial charge on any atom is -0.483 e. The van der Waals surface area contributed by atoms with Crippen LogP contribution in [-0.4, -0.2) is 37.2 Å². The minimum atomic E-state index is -0.309. The van der Waals surface area contributed by atoms with Crippen molar-refractivity contribution in [3.8, 4) is 11.6 Å². The number of nitrogens with one attached hydrogen (secondary N) is 1. The maximum Gasteiger partial charge on any atom is 0.263 e. The van der Waals surface area contributed by atoms with Gasteiger partial charge in [-0.3, -0.25) is 4.79 Å². The Morgan fingerprint density at radius 3 is 2.91 bits per heavy atom. The van der Waals surface area contributed by atoms with Gasteiger partial charge in [0.25, 0.3) is 5.91 Å². The number of anilines is 1. The molecule has 8 heteroatoms. The predicted molar refractivity (Wildman–Crippen MR) is 82.3 cm³/mol. The molecule has 0 aliphatic heterocycles. The van der Waals surface area contributed by atoms with Crippen molar-refractivity contribution < 1.29 is 9.53 Å². The highest BCUT2D eigenvalue weighted by molar-refractivity contribution is 5.91. The number of hydrogen-bond acceptors (Lipinski definition) is 6. The van der Waals surface area contributed by atoms with E-state index in [4.69, 9.17) is 4.74 Å². The molecule has 2 heterocycles. The number of para-hydroxylation sites is 1. The monoisotopic (exact) mass is 310 g/mol. The summed E-state index contributed by atoms with van der Waals surface area (Å²) in [6, 6.07) is 9.10. The third-order valence-electron chi connectivity index (χ3n) is 3.03. The highest BCUT2D eigenvalue weighted by atomic mass is 16.5. The Labute approximate surface area is 132 Å². The molecule has 1 amide bonds. The van der Waals surface area contributed by atoms with Crippen LogP contribution < -0.4 is 10.1 Å². The second kappa shape index (κ2) is 6.65. The number of aryl methyl sites for hydroxylation is 1. The lowest BCUT2D eigenvalue weighted by molar-refractivity contribution is -0.118. The van der Waals surface area contributed by atoms with Crippen molar-refractivity contribution in [1.29, 1.82) is 0 Å². The van der Waals surface area contributed by atoms with E-state index >= 15 is 0 Å². The van der Waals surface area contributed by atoms with Crippen molar-refractivity contribution in [1.82, 2.24) is 24.7 Å². The molecule has 0 spiro atoms. The molecule has 2 aromatic heterocycles. The lowest BCUT2D eigenvalue weighted by Gasteiger charge is -2.09. The van der Waals surface area contributed by atoms with Gasteiger partial charge in [0.05, 0.1) is 0 Å². The van der Waals surface area contributed by atoms with Crippen molar-refractivity contribution in [3.63, 3.8) is 0 Å². The van der Waals surface area contributed by atoms with Gasteiger partial charge in [-0.1, -0.05) is 18.2 Å². The van der Waals surface area contributed by atoms with E-state index in [0.29, 0.717) is 17.4 Å². The second-order valence-electron chi connectivity index (χ2n) is 4.70. The normalized spacial score (nSPS) is 10.3. The number of carbonyl (C=O) groups is 1. The van der Waals surface area contributed by atoms with Gasteiger partial charge >= 0.3 is 0 Å². The first kappa shape index (κ1) is 14.6. The zero-order valence-electron chi connectivity index (χ0n) is 12.4. The summed E-state index contributed by atoms with van der Waals surface area (Å²) in [5.41, 5.74) is 0.968. The molecule has 0 bridgehead atoms. The van der Waals surface area contributed by atoms with Crippen LogP contribution in [0.25, 0.3) is 5.82 Å². The van der Waals surface area contributed by atoms with Gasteiger partial charge in [-0.15, -0.1) is 0 Å². The van der Waals surface area contributed by atoms with E-state index in [0.717, 1.165) is 5.56 Å². The summed E-state index contributed by atoms with van der Waals surface area (Å²) >= 11 is 0. The van der Waals surface area contributed by atoms with Gasteiger partial charge in [-0.25, -0.2) is 19.6 Å². The highest BCUT2D eigenvalue weighted by Crippen LogP contribution is 2.16. The summed E-state index contributed by atoms with van der Waals surface area (Å²) in [5, 5.41) is 6.63. The summed E-state index contributed by atoms with van der Waals surface area (Å²) in [5.74, 6) is 1.24. The van der Waals surface area contributed by atoms with Crippen LogP contribution in [0.3, 0.4) is 0 Å². The zero-order chi connectivity index (χ0) is 16.1. The molecule has 0 saturated carbocycles. The number of nitrogens with zero attached hydrogens (tertiary/aromatic N) is 5. The smallest absolute Gasteiger partial charge is 0.263 e. The van der Waals surface area contributed by atoms with Crippen LogP contribution in [0.15, 0.2) is 49.3 Å². The Morgan fingerprint density at radius 1 is 1.26 bits per heavy atom. The summed E-state index contributed by atoms with van der Waals surface area (Å²) in [7, 11) is 0.